The molecule has 0 radical (unpaired) electrons. The minimum atomic E-state index is -1.78. The van der Waals surface area contributed by atoms with Gasteiger partial charge in [-0.25, -0.2) is 0 Å². The number of hydrogen-bond donors (Lipinski definition) is 4. The van der Waals surface area contributed by atoms with Crippen LogP contribution in [-0.2, 0) is 14.3 Å². The van der Waals surface area contributed by atoms with Crippen LogP contribution in [0.15, 0.2) is 0 Å². The van der Waals surface area contributed by atoms with Crippen molar-refractivity contribution in [3.8, 4) is 0 Å². The summed E-state index contributed by atoms with van der Waals surface area (Å²) >= 11 is 0. The molecule has 0 aliphatic rings. The number of carbonyl (C=O) groups excluding carboxylic acids is 2. The summed E-state index contributed by atoms with van der Waals surface area (Å²) in [5, 5.41) is 39.3. The molecular weight excluding hydrogens is 532 g/mol. The Hall–Kier alpha value is -1.02. The third kappa shape index (κ3) is 22.5. The number of rotatable bonds is 32. The highest BCUT2D eigenvalue weighted by molar-refractivity contribution is 5.73. The first-order valence-electron chi connectivity index (χ1n) is 17.7. The van der Waals surface area contributed by atoms with Gasteiger partial charge in [-0.1, -0.05) is 162 Å². The fourth-order valence-electron chi connectivity index (χ4n) is 5.64. The molecule has 250 valence electrons. The molecule has 0 rings (SSSR count). The number of ether oxygens (including phenoxy) is 1. The van der Waals surface area contributed by atoms with Gasteiger partial charge in [0, 0.05) is 0 Å². The number of hydrogen-bond acceptors (Lipinski definition) is 7. The summed E-state index contributed by atoms with van der Waals surface area (Å²) in [7, 11) is 0. The van der Waals surface area contributed by atoms with E-state index < -0.39 is 37.0 Å². The highest BCUT2D eigenvalue weighted by Gasteiger charge is 2.36. The van der Waals surface area contributed by atoms with Gasteiger partial charge in [-0.15, -0.1) is 0 Å². The molecule has 0 saturated heterocycles. The molecule has 4 N–H and O–H groups in total. The monoisotopic (exact) mass is 600 g/mol. The second-order valence-electron chi connectivity index (χ2n) is 12.5. The maximum Gasteiger partial charge on any atom is 0.309 e. The van der Waals surface area contributed by atoms with Crippen molar-refractivity contribution in [3.05, 3.63) is 0 Å². The molecule has 7 nitrogen and oxygen atoms in total. The maximum absolute atomic E-state index is 13.1. The van der Waals surface area contributed by atoms with Crippen LogP contribution in [0.1, 0.15) is 174 Å². The quantitative estimate of drug-likeness (QED) is 0.0356. The summed E-state index contributed by atoms with van der Waals surface area (Å²) in [6.45, 7) is 3.70. The lowest BCUT2D eigenvalue weighted by molar-refractivity contribution is -0.178. The molecule has 0 aliphatic heterocycles. The van der Waals surface area contributed by atoms with Crippen LogP contribution < -0.4 is 0 Å². The highest BCUT2D eigenvalue weighted by Crippen LogP contribution is 2.23. The molecule has 0 aromatic heterocycles. The van der Waals surface area contributed by atoms with Gasteiger partial charge < -0.3 is 30.0 Å². The standard InChI is InChI=1S/C35H68O7/c1-3-5-7-9-11-13-15-16-17-19-21-23-25-27-30(26-24-22-20-18-14-12-10-8-6-4-2)35(41)42-34(32(39)29-37)33(40)31(38)28-36/h29-34,36,38-40H,3-28H2,1-2H3/t30?,31-,32+,33-,34-/m1/s1. The molecule has 1 unspecified atom stereocenters. The third-order valence-corrected chi connectivity index (χ3v) is 8.54. The number of aliphatic hydroxyl groups is 4. The molecule has 0 aromatic carbocycles. The molecule has 0 bridgehead atoms. The van der Waals surface area contributed by atoms with Crippen LogP contribution in [-0.4, -0.2) is 63.7 Å². The zero-order valence-corrected chi connectivity index (χ0v) is 27.4. The van der Waals surface area contributed by atoms with Gasteiger partial charge in [0.05, 0.1) is 12.5 Å². The van der Waals surface area contributed by atoms with Gasteiger partial charge in [0.25, 0.3) is 0 Å². The zero-order chi connectivity index (χ0) is 31.3. The van der Waals surface area contributed by atoms with Crippen molar-refractivity contribution in [2.45, 2.75) is 199 Å². The van der Waals surface area contributed by atoms with Crippen LogP contribution in [0.25, 0.3) is 0 Å². The molecule has 0 fully saturated rings. The number of aliphatic hydroxyl groups excluding tert-OH is 4. The van der Waals surface area contributed by atoms with E-state index in [2.05, 4.69) is 13.8 Å². The van der Waals surface area contributed by atoms with E-state index >= 15 is 0 Å². The van der Waals surface area contributed by atoms with Gasteiger partial charge in [-0.2, -0.15) is 0 Å². The molecule has 7 heteroatoms. The van der Waals surface area contributed by atoms with Crippen LogP contribution in [0, 0.1) is 5.92 Å². The Labute approximate surface area is 258 Å². The van der Waals surface area contributed by atoms with Crippen molar-refractivity contribution in [2.75, 3.05) is 6.61 Å². The summed E-state index contributed by atoms with van der Waals surface area (Å²) in [4.78, 5) is 24.3. The van der Waals surface area contributed by atoms with Crippen LogP contribution in [0.4, 0.5) is 0 Å². The fraction of sp³-hybridized carbons (Fsp3) is 0.943. The average molecular weight is 601 g/mol. The fourth-order valence-corrected chi connectivity index (χ4v) is 5.64. The van der Waals surface area contributed by atoms with Crippen LogP contribution in [0.2, 0.25) is 0 Å². The molecule has 0 spiro atoms. The molecule has 0 aliphatic carbocycles. The Morgan fingerprint density at radius 1 is 0.595 bits per heavy atom. The SMILES string of the molecule is CCCCCCCCCCCCCCCC(CCCCCCCCCCCC)C(=O)O[C@@H]([C@H](O)[C@H](O)CO)[C@@H](O)C=O. The van der Waals surface area contributed by atoms with E-state index in [1.54, 1.807) is 0 Å². The molecule has 0 saturated carbocycles. The molecule has 0 heterocycles. The van der Waals surface area contributed by atoms with Gasteiger partial charge in [-0.3, -0.25) is 4.79 Å². The summed E-state index contributed by atoms with van der Waals surface area (Å²) in [6.07, 6.45) is 23.0. The largest absolute Gasteiger partial charge is 0.456 e. The number of unbranched alkanes of at least 4 members (excludes halogenated alkanes) is 21. The van der Waals surface area contributed by atoms with Gasteiger partial charge in [0.15, 0.2) is 12.4 Å². The molecular formula is C35H68O7. The van der Waals surface area contributed by atoms with Crippen molar-refractivity contribution in [1.82, 2.24) is 0 Å². The second-order valence-corrected chi connectivity index (χ2v) is 12.5. The Morgan fingerprint density at radius 3 is 1.24 bits per heavy atom. The number of aldehydes is 1. The van der Waals surface area contributed by atoms with Crippen LogP contribution >= 0.6 is 0 Å². The zero-order valence-electron chi connectivity index (χ0n) is 27.4. The van der Waals surface area contributed by atoms with E-state index in [1.165, 1.54) is 109 Å². The summed E-state index contributed by atoms with van der Waals surface area (Å²) in [6, 6.07) is 0. The van der Waals surface area contributed by atoms with Crippen molar-refractivity contribution in [1.29, 1.82) is 0 Å². The molecule has 0 amide bonds. The lowest BCUT2D eigenvalue weighted by atomic mass is 9.93. The first-order valence-corrected chi connectivity index (χ1v) is 17.7. The predicted molar refractivity (Wildman–Crippen MR) is 171 cm³/mol. The molecule has 5 atom stereocenters. The first kappa shape index (κ1) is 41.0. The summed E-state index contributed by atoms with van der Waals surface area (Å²) in [5.74, 6) is -0.938. The van der Waals surface area contributed by atoms with Crippen LogP contribution in [0.3, 0.4) is 0 Å². The van der Waals surface area contributed by atoms with E-state index in [0.29, 0.717) is 12.8 Å². The van der Waals surface area contributed by atoms with Crippen molar-refractivity contribution < 1.29 is 34.8 Å². The highest BCUT2D eigenvalue weighted by atomic mass is 16.6. The van der Waals surface area contributed by atoms with Gasteiger partial charge >= 0.3 is 5.97 Å². The van der Waals surface area contributed by atoms with E-state index in [-0.39, 0.29) is 12.2 Å². The van der Waals surface area contributed by atoms with Crippen molar-refractivity contribution >= 4 is 12.3 Å². The van der Waals surface area contributed by atoms with Crippen molar-refractivity contribution in [2.24, 2.45) is 5.92 Å². The third-order valence-electron chi connectivity index (χ3n) is 8.54. The Morgan fingerprint density at radius 2 is 0.929 bits per heavy atom. The molecule has 0 aromatic rings. The van der Waals surface area contributed by atoms with E-state index in [0.717, 1.165) is 38.5 Å². The normalized spacial score (nSPS) is 15.2. The minimum Gasteiger partial charge on any atom is -0.456 e. The summed E-state index contributed by atoms with van der Waals surface area (Å²) in [5.41, 5.74) is 0. The number of esters is 1. The Bertz CT molecular complexity index is 600. The smallest absolute Gasteiger partial charge is 0.309 e. The van der Waals surface area contributed by atoms with Crippen molar-refractivity contribution in [3.63, 3.8) is 0 Å². The Balaban J connectivity index is 4.57. The average Bonchev–Trinajstić information content (AvgIpc) is 3.00. The summed E-state index contributed by atoms with van der Waals surface area (Å²) < 4.78 is 5.42. The lowest BCUT2D eigenvalue weighted by Gasteiger charge is -2.29. The minimum absolute atomic E-state index is 0.176. The van der Waals surface area contributed by atoms with Crippen LogP contribution in [0.5, 0.6) is 0 Å². The Kier molecular flexibility index (Phi) is 29.3. The predicted octanol–water partition coefficient (Wildman–Crippen LogP) is 7.58. The van der Waals surface area contributed by atoms with E-state index in [4.69, 9.17) is 4.74 Å². The lowest BCUT2D eigenvalue weighted by Crippen LogP contribution is -2.49. The van der Waals surface area contributed by atoms with Gasteiger partial charge in [0.1, 0.15) is 18.3 Å². The first-order chi connectivity index (χ1) is 20.4. The van der Waals surface area contributed by atoms with Gasteiger partial charge in [-0.05, 0) is 12.8 Å². The van der Waals surface area contributed by atoms with E-state index in [9.17, 15) is 30.0 Å². The molecule has 42 heavy (non-hydrogen) atoms. The van der Waals surface area contributed by atoms with E-state index in [1.807, 2.05) is 0 Å². The van der Waals surface area contributed by atoms with Gasteiger partial charge in [0.2, 0.25) is 0 Å². The maximum atomic E-state index is 13.1. The topological polar surface area (TPSA) is 124 Å². The second kappa shape index (κ2) is 30.0. The number of carbonyl (C=O) groups is 2.